The number of pyridine rings is 1. The van der Waals surface area contributed by atoms with Crippen molar-refractivity contribution < 1.29 is 32.6 Å². The second kappa shape index (κ2) is 12.0. The molecule has 1 saturated heterocycles. The molecule has 0 bridgehead atoms. The third kappa shape index (κ3) is 7.99. The van der Waals surface area contributed by atoms with Crippen molar-refractivity contribution in [2.75, 3.05) is 26.2 Å². The lowest BCUT2D eigenvalue weighted by molar-refractivity contribution is -0.131. The van der Waals surface area contributed by atoms with Crippen molar-refractivity contribution in [2.24, 2.45) is 0 Å². The van der Waals surface area contributed by atoms with Crippen molar-refractivity contribution in [3.05, 3.63) is 36.0 Å². The smallest absolute Gasteiger partial charge is 0.407 e. The summed E-state index contributed by atoms with van der Waals surface area (Å²) in [5.41, 5.74) is 0.204. The van der Waals surface area contributed by atoms with Crippen LogP contribution in [0.3, 0.4) is 0 Å². The maximum atomic E-state index is 13.6. The minimum Gasteiger partial charge on any atom is -0.494 e. The van der Waals surface area contributed by atoms with E-state index in [4.69, 9.17) is 14.7 Å². The molecule has 1 unspecified atom stereocenters. The van der Waals surface area contributed by atoms with Crippen LogP contribution in [-0.2, 0) is 9.53 Å². The lowest BCUT2D eigenvalue weighted by Gasteiger charge is -2.19. The van der Waals surface area contributed by atoms with Crippen LogP contribution >= 0.6 is 0 Å². The zero-order valence-corrected chi connectivity index (χ0v) is 21.6. The number of alkyl carbamates (subject to hydrolysis) is 1. The topological polar surface area (TPSA) is 134 Å². The standard InChI is InChI=1S/C26H31F2N5O5/c1-25(2,3)38-24(36)31-9-4-5-11-37-18-6-7-21-20(12-18)19(8-10-30-21)23(35)32-15-22(34)33-16-26(27,28)13-17(33)14-29/h6-8,10,12,17H,4-5,9,11,13,15-16H2,1-3H3,(H,31,36)(H,32,35). The number of nitriles is 1. The number of benzene rings is 1. The molecule has 3 amide bonds. The molecule has 10 nitrogen and oxygen atoms in total. The summed E-state index contributed by atoms with van der Waals surface area (Å²) in [7, 11) is 0. The molecule has 2 heterocycles. The highest BCUT2D eigenvalue weighted by Gasteiger charge is 2.47. The fourth-order valence-electron chi connectivity index (χ4n) is 3.88. The van der Waals surface area contributed by atoms with E-state index < -0.39 is 55.0 Å². The molecule has 12 heteroatoms. The summed E-state index contributed by atoms with van der Waals surface area (Å²) in [6, 6.07) is 7.03. The third-order valence-electron chi connectivity index (χ3n) is 5.61. The number of fused-ring (bicyclic) bond motifs is 1. The summed E-state index contributed by atoms with van der Waals surface area (Å²) >= 11 is 0. The lowest BCUT2D eigenvalue weighted by Crippen LogP contribution is -2.43. The molecule has 38 heavy (non-hydrogen) atoms. The van der Waals surface area contributed by atoms with Crippen LogP contribution in [0.5, 0.6) is 5.75 Å². The maximum absolute atomic E-state index is 13.6. The van der Waals surface area contributed by atoms with E-state index in [1.807, 2.05) is 0 Å². The SMILES string of the molecule is CC(C)(C)OC(=O)NCCCCOc1ccc2nccc(C(=O)NCC(=O)N3CC(F)(F)CC3C#N)c2c1. The number of alkyl halides is 2. The van der Waals surface area contributed by atoms with E-state index in [0.29, 0.717) is 42.6 Å². The summed E-state index contributed by atoms with van der Waals surface area (Å²) in [6.45, 7) is 4.80. The Hall–Kier alpha value is -4.01. The Labute approximate surface area is 219 Å². The van der Waals surface area contributed by atoms with E-state index in [-0.39, 0.29) is 5.56 Å². The number of carbonyl (C=O) groups excluding carboxylic acids is 3. The number of carbonyl (C=O) groups is 3. The average molecular weight is 532 g/mol. The quantitative estimate of drug-likeness (QED) is 0.474. The van der Waals surface area contributed by atoms with Crippen LogP contribution in [0.15, 0.2) is 30.5 Å². The Balaban J connectivity index is 1.53. The van der Waals surface area contributed by atoms with Gasteiger partial charge in [-0.1, -0.05) is 0 Å². The van der Waals surface area contributed by atoms with Crippen LogP contribution in [0.25, 0.3) is 10.9 Å². The van der Waals surface area contributed by atoms with Gasteiger partial charge in [0.1, 0.15) is 17.4 Å². The van der Waals surface area contributed by atoms with Crippen LogP contribution in [0.1, 0.15) is 50.4 Å². The van der Waals surface area contributed by atoms with E-state index in [1.54, 1.807) is 45.0 Å². The van der Waals surface area contributed by atoms with E-state index in [1.165, 1.54) is 12.3 Å². The predicted molar refractivity (Wildman–Crippen MR) is 134 cm³/mol. The predicted octanol–water partition coefficient (Wildman–Crippen LogP) is 3.41. The monoisotopic (exact) mass is 531 g/mol. The number of unbranched alkanes of at least 4 members (excludes halogenated alkanes) is 1. The Morgan fingerprint density at radius 2 is 1.97 bits per heavy atom. The highest BCUT2D eigenvalue weighted by atomic mass is 19.3. The fourth-order valence-corrected chi connectivity index (χ4v) is 3.88. The first-order chi connectivity index (χ1) is 17.9. The molecular formula is C26H31F2N5O5. The molecule has 1 fully saturated rings. The molecule has 1 aliphatic heterocycles. The first kappa shape index (κ1) is 28.6. The highest BCUT2D eigenvalue weighted by Crippen LogP contribution is 2.31. The van der Waals surface area contributed by atoms with Gasteiger partial charge in [0.2, 0.25) is 5.91 Å². The largest absolute Gasteiger partial charge is 0.494 e. The van der Waals surface area contributed by atoms with Gasteiger partial charge in [0.15, 0.2) is 0 Å². The highest BCUT2D eigenvalue weighted by molar-refractivity contribution is 6.07. The molecule has 1 aliphatic rings. The van der Waals surface area contributed by atoms with Gasteiger partial charge in [-0.15, -0.1) is 0 Å². The van der Waals surface area contributed by atoms with Crippen molar-refractivity contribution in [3.8, 4) is 11.8 Å². The molecule has 3 rings (SSSR count). The second-order valence-corrected chi connectivity index (χ2v) is 9.93. The molecule has 1 atom stereocenters. The van der Waals surface area contributed by atoms with Crippen molar-refractivity contribution in [2.45, 2.75) is 57.6 Å². The molecule has 0 aliphatic carbocycles. The molecule has 2 N–H and O–H groups in total. The molecule has 204 valence electrons. The number of likely N-dealkylation sites (tertiary alicyclic amines) is 1. The number of halogens is 2. The summed E-state index contributed by atoms with van der Waals surface area (Å²) in [4.78, 5) is 41.9. The minimum absolute atomic E-state index is 0.235. The van der Waals surface area contributed by atoms with E-state index in [9.17, 15) is 23.2 Å². The minimum atomic E-state index is -3.13. The van der Waals surface area contributed by atoms with Crippen LogP contribution in [0, 0.1) is 11.3 Å². The van der Waals surface area contributed by atoms with Gasteiger partial charge in [0, 0.05) is 24.5 Å². The average Bonchev–Trinajstić information content (AvgIpc) is 3.17. The molecular weight excluding hydrogens is 500 g/mol. The van der Waals surface area contributed by atoms with Crippen LogP contribution in [0.4, 0.5) is 13.6 Å². The first-order valence-corrected chi connectivity index (χ1v) is 12.2. The number of amides is 3. The fraction of sp³-hybridized carbons (Fsp3) is 0.500. The maximum Gasteiger partial charge on any atom is 0.407 e. The Kier molecular flexibility index (Phi) is 9.04. The third-order valence-corrected chi connectivity index (χ3v) is 5.61. The van der Waals surface area contributed by atoms with E-state index in [2.05, 4.69) is 15.6 Å². The summed E-state index contributed by atoms with van der Waals surface area (Å²) < 4.78 is 38.2. The van der Waals surface area contributed by atoms with Crippen LogP contribution in [0.2, 0.25) is 0 Å². The van der Waals surface area contributed by atoms with Gasteiger partial charge in [-0.05, 0) is 57.9 Å². The summed E-state index contributed by atoms with van der Waals surface area (Å²) in [6.07, 6.45) is 1.59. The lowest BCUT2D eigenvalue weighted by atomic mass is 10.1. The molecule has 0 radical (unpaired) electrons. The number of aromatic nitrogens is 1. The number of nitrogens with one attached hydrogen (secondary N) is 2. The molecule has 0 spiro atoms. The van der Waals surface area contributed by atoms with E-state index in [0.717, 1.165) is 4.90 Å². The zero-order chi connectivity index (χ0) is 27.9. The number of rotatable bonds is 9. The molecule has 1 aromatic heterocycles. The normalized spacial score (nSPS) is 16.5. The van der Waals surface area contributed by atoms with Gasteiger partial charge in [-0.2, -0.15) is 5.26 Å². The Morgan fingerprint density at radius 3 is 2.68 bits per heavy atom. The van der Waals surface area contributed by atoms with Gasteiger partial charge in [0.05, 0.1) is 36.8 Å². The second-order valence-electron chi connectivity index (χ2n) is 9.93. The number of nitrogens with zero attached hydrogens (tertiary/aromatic N) is 3. The van der Waals surface area contributed by atoms with Crippen LogP contribution in [-0.4, -0.2) is 71.6 Å². The number of hydrogen-bond acceptors (Lipinski definition) is 7. The summed E-state index contributed by atoms with van der Waals surface area (Å²) in [5, 5.41) is 14.7. The van der Waals surface area contributed by atoms with Gasteiger partial charge in [0.25, 0.3) is 11.8 Å². The van der Waals surface area contributed by atoms with Gasteiger partial charge in [-0.25, -0.2) is 13.6 Å². The van der Waals surface area contributed by atoms with Crippen molar-refractivity contribution in [1.82, 2.24) is 20.5 Å². The Morgan fingerprint density at radius 1 is 1.21 bits per heavy atom. The van der Waals surface area contributed by atoms with Gasteiger partial charge in [-0.3, -0.25) is 14.6 Å². The van der Waals surface area contributed by atoms with Gasteiger partial charge < -0.3 is 25.0 Å². The van der Waals surface area contributed by atoms with E-state index >= 15 is 0 Å². The summed E-state index contributed by atoms with van der Waals surface area (Å²) in [5.74, 6) is -3.97. The first-order valence-electron chi connectivity index (χ1n) is 12.2. The zero-order valence-electron chi connectivity index (χ0n) is 21.6. The van der Waals surface area contributed by atoms with Gasteiger partial charge >= 0.3 is 6.09 Å². The Bertz CT molecular complexity index is 1220. The molecule has 1 aromatic carbocycles. The number of hydrogen-bond donors (Lipinski definition) is 2. The van der Waals surface area contributed by atoms with Crippen molar-refractivity contribution in [3.63, 3.8) is 0 Å². The number of ether oxygens (including phenoxy) is 2. The van der Waals surface area contributed by atoms with Crippen molar-refractivity contribution in [1.29, 1.82) is 5.26 Å². The molecule has 0 saturated carbocycles. The van der Waals surface area contributed by atoms with Crippen LogP contribution < -0.4 is 15.4 Å². The van der Waals surface area contributed by atoms with Crippen molar-refractivity contribution >= 4 is 28.8 Å². The molecule has 2 aromatic rings.